The van der Waals surface area contributed by atoms with Crippen LogP contribution in [0.3, 0.4) is 0 Å². The van der Waals surface area contributed by atoms with Gasteiger partial charge in [0.1, 0.15) is 0 Å². The highest BCUT2D eigenvalue weighted by Crippen LogP contribution is 2.32. The van der Waals surface area contributed by atoms with Gasteiger partial charge in [-0.1, -0.05) is 17.7 Å². The van der Waals surface area contributed by atoms with Crippen molar-refractivity contribution in [3.05, 3.63) is 41.2 Å². The Balaban J connectivity index is 1.70. The molecule has 0 amide bonds. The van der Waals surface area contributed by atoms with Crippen molar-refractivity contribution >= 4 is 28.5 Å². The van der Waals surface area contributed by atoms with E-state index in [-0.39, 0.29) is 0 Å². The molecular formula is C18H17ClN6. The number of piperidine rings is 1. The lowest BCUT2D eigenvalue weighted by Crippen LogP contribution is -2.38. The third kappa shape index (κ3) is 3.16. The topological polar surface area (TPSA) is 89.4 Å². The van der Waals surface area contributed by atoms with Crippen LogP contribution >= 0.6 is 11.6 Å². The molecular weight excluding hydrogens is 336 g/mol. The molecule has 3 aromatic rings. The number of fused-ring (bicyclic) bond motifs is 1. The summed E-state index contributed by atoms with van der Waals surface area (Å²) in [7, 11) is 0. The molecule has 0 aliphatic carbocycles. The van der Waals surface area contributed by atoms with Crippen LogP contribution in [0.4, 0.5) is 5.95 Å². The van der Waals surface area contributed by atoms with Gasteiger partial charge >= 0.3 is 0 Å². The zero-order chi connectivity index (χ0) is 17.2. The summed E-state index contributed by atoms with van der Waals surface area (Å²) in [6, 6.07) is 8.00. The number of halogens is 1. The van der Waals surface area contributed by atoms with Crippen molar-refractivity contribution in [3.63, 3.8) is 0 Å². The second-order valence-electron chi connectivity index (χ2n) is 6.15. The van der Waals surface area contributed by atoms with E-state index in [1.807, 2.05) is 18.3 Å². The van der Waals surface area contributed by atoms with Crippen LogP contribution in [0.15, 0.2) is 30.6 Å². The molecule has 1 aliphatic heterocycles. The summed E-state index contributed by atoms with van der Waals surface area (Å²) in [5.41, 5.74) is 3.08. The molecule has 0 bridgehead atoms. The van der Waals surface area contributed by atoms with Gasteiger partial charge in [0.25, 0.3) is 0 Å². The highest BCUT2D eigenvalue weighted by atomic mass is 35.5. The Hall–Kier alpha value is -2.62. The SMILES string of the molecule is N#Cc1ccc2c(-c3nc(N[C@H]4CCCNC4)ncc3Cl)c[nH]c2c1. The number of benzene rings is 1. The molecule has 7 heteroatoms. The molecule has 25 heavy (non-hydrogen) atoms. The summed E-state index contributed by atoms with van der Waals surface area (Å²) in [4.78, 5) is 12.1. The number of nitrogens with one attached hydrogen (secondary N) is 3. The van der Waals surface area contributed by atoms with Crippen LogP contribution in [0, 0.1) is 11.3 Å². The molecule has 2 aromatic heterocycles. The summed E-state index contributed by atoms with van der Waals surface area (Å²) < 4.78 is 0. The Labute approximate surface area is 150 Å². The second kappa shape index (κ2) is 6.71. The van der Waals surface area contributed by atoms with Crippen LogP contribution in [0.2, 0.25) is 5.02 Å². The van der Waals surface area contributed by atoms with Crippen LogP contribution in [-0.2, 0) is 0 Å². The lowest BCUT2D eigenvalue weighted by atomic mass is 10.1. The molecule has 3 N–H and O–H groups in total. The second-order valence-corrected chi connectivity index (χ2v) is 6.56. The fourth-order valence-electron chi connectivity index (χ4n) is 3.17. The van der Waals surface area contributed by atoms with Gasteiger partial charge in [0.15, 0.2) is 0 Å². The highest BCUT2D eigenvalue weighted by Gasteiger charge is 2.17. The van der Waals surface area contributed by atoms with Crippen LogP contribution in [0.25, 0.3) is 22.2 Å². The first-order valence-corrected chi connectivity index (χ1v) is 8.64. The number of hydrogen-bond acceptors (Lipinski definition) is 5. The minimum atomic E-state index is 0.323. The minimum Gasteiger partial charge on any atom is -0.360 e. The molecule has 1 atom stereocenters. The average molecular weight is 353 g/mol. The first kappa shape index (κ1) is 15.9. The number of anilines is 1. The van der Waals surface area contributed by atoms with Crippen LogP contribution in [0.5, 0.6) is 0 Å². The first-order valence-electron chi connectivity index (χ1n) is 8.26. The molecule has 0 saturated carbocycles. The molecule has 1 aromatic carbocycles. The summed E-state index contributed by atoms with van der Waals surface area (Å²) in [5.74, 6) is 0.580. The maximum atomic E-state index is 9.04. The van der Waals surface area contributed by atoms with E-state index in [0.717, 1.165) is 42.4 Å². The number of aromatic nitrogens is 3. The van der Waals surface area contributed by atoms with E-state index >= 15 is 0 Å². The number of rotatable bonds is 3. The largest absolute Gasteiger partial charge is 0.360 e. The van der Waals surface area contributed by atoms with Crippen molar-refractivity contribution in [2.75, 3.05) is 18.4 Å². The van der Waals surface area contributed by atoms with Crippen molar-refractivity contribution in [3.8, 4) is 17.3 Å². The van der Waals surface area contributed by atoms with Gasteiger partial charge in [0.05, 0.1) is 28.5 Å². The Morgan fingerprint density at radius 1 is 1.36 bits per heavy atom. The number of aromatic amines is 1. The Morgan fingerprint density at radius 2 is 2.28 bits per heavy atom. The quantitative estimate of drug-likeness (QED) is 0.672. The van der Waals surface area contributed by atoms with E-state index in [1.54, 1.807) is 12.3 Å². The summed E-state index contributed by atoms with van der Waals surface area (Å²) in [6.45, 7) is 1.97. The lowest BCUT2D eigenvalue weighted by molar-refractivity contribution is 0.478. The van der Waals surface area contributed by atoms with Crippen LogP contribution < -0.4 is 10.6 Å². The Morgan fingerprint density at radius 3 is 3.08 bits per heavy atom. The van der Waals surface area contributed by atoms with Gasteiger partial charge in [-0.25, -0.2) is 9.97 Å². The molecule has 0 spiro atoms. The monoisotopic (exact) mass is 352 g/mol. The van der Waals surface area contributed by atoms with E-state index in [2.05, 4.69) is 31.7 Å². The smallest absolute Gasteiger partial charge is 0.223 e. The Kier molecular flexibility index (Phi) is 4.26. The zero-order valence-corrected chi connectivity index (χ0v) is 14.3. The molecule has 4 rings (SSSR count). The van der Waals surface area contributed by atoms with E-state index in [0.29, 0.717) is 28.3 Å². The molecule has 0 radical (unpaired) electrons. The van der Waals surface area contributed by atoms with Gasteiger partial charge in [-0.05, 0) is 31.5 Å². The molecule has 0 unspecified atom stereocenters. The third-order valence-corrected chi connectivity index (χ3v) is 4.72. The van der Waals surface area contributed by atoms with Gasteiger partial charge in [0.2, 0.25) is 5.95 Å². The molecule has 126 valence electrons. The number of nitriles is 1. The average Bonchev–Trinajstić information content (AvgIpc) is 3.07. The van der Waals surface area contributed by atoms with Crippen molar-refractivity contribution in [2.45, 2.75) is 18.9 Å². The number of hydrogen-bond donors (Lipinski definition) is 3. The fraction of sp³-hybridized carbons (Fsp3) is 0.278. The van der Waals surface area contributed by atoms with Crippen molar-refractivity contribution in [2.24, 2.45) is 0 Å². The maximum absolute atomic E-state index is 9.04. The Bertz CT molecular complexity index is 952. The maximum Gasteiger partial charge on any atom is 0.223 e. The summed E-state index contributed by atoms with van der Waals surface area (Å²) >= 11 is 6.36. The van der Waals surface area contributed by atoms with Gasteiger partial charge in [-0.15, -0.1) is 0 Å². The summed E-state index contributed by atoms with van der Waals surface area (Å²) in [5, 5.41) is 17.3. The fourth-order valence-corrected chi connectivity index (χ4v) is 3.37. The van der Waals surface area contributed by atoms with Gasteiger partial charge < -0.3 is 15.6 Å². The predicted molar refractivity (Wildman–Crippen MR) is 98.6 cm³/mol. The molecule has 1 saturated heterocycles. The number of nitrogens with zero attached hydrogens (tertiary/aromatic N) is 3. The zero-order valence-electron chi connectivity index (χ0n) is 13.5. The van der Waals surface area contributed by atoms with E-state index in [4.69, 9.17) is 16.9 Å². The normalized spacial score (nSPS) is 17.4. The molecule has 6 nitrogen and oxygen atoms in total. The van der Waals surface area contributed by atoms with Crippen molar-refractivity contribution in [1.82, 2.24) is 20.3 Å². The van der Waals surface area contributed by atoms with Gasteiger partial charge in [0, 0.05) is 35.2 Å². The lowest BCUT2D eigenvalue weighted by Gasteiger charge is -2.23. The van der Waals surface area contributed by atoms with Crippen molar-refractivity contribution < 1.29 is 0 Å². The minimum absolute atomic E-state index is 0.323. The van der Waals surface area contributed by atoms with E-state index in [9.17, 15) is 0 Å². The van der Waals surface area contributed by atoms with Crippen LogP contribution in [-0.4, -0.2) is 34.1 Å². The van der Waals surface area contributed by atoms with Crippen molar-refractivity contribution in [1.29, 1.82) is 5.26 Å². The molecule has 3 heterocycles. The van der Waals surface area contributed by atoms with Crippen LogP contribution in [0.1, 0.15) is 18.4 Å². The van der Waals surface area contributed by atoms with Gasteiger partial charge in [-0.3, -0.25) is 0 Å². The van der Waals surface area contributed by atoms with E-state index in [1.165, 1.54) is 0 Å². The standard InChI is InChI=1S/C18H17ClN6/c19-15-10-23-18(24-12-2-1-5-21-8-12)25-17(15)14-9-22-16-6-11(7-20)3-4-13(14)16/h3-4,6,9-10,12,21-22H,1-2,5,8H2,(H,23,24,25)/t12-/m0/s1. The van der Waals surface area contributed by atoms with Gasteiger partial charge in [-0.2, -0.15) is 5.26 Å². The first-order chi connectivity index (χ1) is 12.2. The predicted octanol–water partition coefficient (Wildman–Crippen LogP) is 3.31. The third-order valence-electron chi connectivity index (χ3n) is 4.44. The summed E-state index contributed by atoms with van der Waals surface area (Å²) in [6.07, 6.45) is 5.73. The highest BCUT2D eigenvalue weighted by molar-refractivity contribution is 6.33. The van der Waals surface area contributed by atoms with E-state index < -0.39 is 0 Å². The number of H-pyrrole nitrogens is 1. The molecule has 1 aliphatic rings. The molecule has 1 fully saturated rings.